The molecule has 0 aliphatic carbocycles. The minimum absolute atomic E-state index is 0.201. The van der Waals surface area contributed by atoms with Crippen molar-refractivity contribution in [1.29, 1.82) is 0 Å². The highest BCUT2D eigenvalue weighted by molar-refractivity contribution is 5.95. The third-order valence-electron chi connectivity index (χ3n) is 5.53. The van der Waals surface area contributed by atoms with Gasteiger partial charge in [0.05, 0.1) is 24.8 Å². The van der Waals surface area contributed by atoms with Crippen molar-refractivity contribution in [3.63, 3.8) is 0 Å². The minimum atomic E-state index is -0.666. The summed E-state index contributed by atoms with van der Waals surface area (Å²) >= 11 is 0. The fraction of sp³-hybridized carbons (Fsp3) is 0.407. The molecule has 2 aromatic rings. The minimum Gasteiger partial charge on any atom is -0.490 e. The summed E-state index contributed by atoms with van der Waals surface area (Å²) in [5.74, 6) is 0.881. The van der Waals surface area contributed by atoms with E-state index < -0.39 is 12.0 Å². The van der Waals surface area contributed by atoms with Gasteiger partial charge < -0.3 is 24.8 Å². The van der Waals surface area contributed by atoms with Crippen LogP contribution in [0.5, 0.6) is 11.5 Å². The number of ether oxygens (including phenoxy) is 3. The second kappa shape index (κ2) is 11.1. The Morgan fingerprint density at radius 1 is 1.03 bits per heavy atom. The van der Waals surface area contributed by atoms with Gasteiger partial charge in [0.25, 0.3) is 0 Å². The van der Waals surface area contributed by atoms with Crippen molar-refractivity contribution >= 4 is 12.0 Å². The van der Waals surface area contributed by atoms with E-state index in [4.69, 9.17) is 14.2 Å². The van der Waals surface area contributed by atoms with Crippen molar-refractivity contribution in [2.75, 3.05) is 13.2 Å². The Labute approximate surface area is 201 Å². The molecule has 7 heteroatoms. The lowest BCUT2D eigenvalue weighted by molar-refractivity contribution is -0.140. The molecule has 0 bridgehead atoms. The number of nitrogens with one attached hydrogen (secondary N) is 2. The molecule has 2 amide bonds. The SMILES string of the molecule is CCOc1cc(C2NC(=O)NC(C)=C2C(=O)OCC(C)C)ccc1OCc1cc(C)ccc1C. The number of allylic oxidation sites excluding steroid dienone is 1. The van der Waals surface area contributed by atoms with E-state index in [2.05, 4.69) is 42.7 Å². The molecule has 1 aliphatic rings. The maximum Gasteiger partial charge on any atom is 0.338 e. The normalized spacial score (nSPS) is 15.6. The second-order valence-corrected chi connectivity index (χ2v) is 8.92. The van der Waals surface area contributed by atoms with Crippen LogP contribution in [-0.4, -0.2) is 25.2 Å². The number of amides is 2. The molecule has 7 nitrogen and oxygen atoms in total. The Bertz CT molecular complexity index is 1090. The first kappa shape index (κ1) is 25.1. The molecule has 1 aliphatic heterocycles. The molecule has 0 radical (unpaired) electrons. The number of urea groups is 1. The zero-order valence-corrected chi connectivity index (χ0v) is 20.8. The van der Waals surface area contributed by atoms with Gasteiger partial charge in [-0.3, -0.25) is 0 Å². The highest BCUT2D eigenvalue weighted by atomic mass is 16.5. The molecule has 1 heterocycles. The zero-order valence-electron chi connectivity index (χ0n) is 20.8. The number of esters is 1. The van der Waals surface area contributed by atoms with Crippen LogP contribution < -0.4 is 20.1 Å². The molecule has 3 rings (SSSR count). The van der Waals surface area contributed by atoms with Crippen molar-refractivity contribution in [3.8, 4) is 11.5 Å². The Kier molecular flexibility index (Phi) is 8.21. The number of benzene rings is 2. The van der Waals surface area contributed by atoms with Gasteiger partial charge in [-0.05, 0) is 62.4 Å². The van der Waals surface area contributed by atoms with Crippen LogP contribution in [0, 0.1) is 19.8 Å². The van der Waals surface area contributed by atoms with E-state index in [0.29, 0.717) is 48.2 Å². The van der Waals surface area contributed by atoms with Crippen molar-refractivity contribution in [2.45, 2.75) is 54.2 Å². The van der Waals surface area contributed by atoms with Crippen LogP contribution in [-0.2, 0) is 16.1 Å². The van der Waals surface area contributed by atoms with Gasteiger partial charge in [-0.15, -0.1) is 0 Å². The molecule has 0 saturated heterocycles. The Balaban J connectivity index is 1.89. The number of carbonyl (C=O) groups is 2. The van der Waals surface area contributed by atoms with E-state index >= 15 is 0 Å². The lowest BCUT2D eigenvalue weighted by atomic mass is 9.95. The van der Waals surface area contributed by atoms with E-state index in [0.717, 1.165) is 11.1 Å². The first-order valence-corrected chi connectivity index (χ1v) is 11.6. The van der Waals surface area contributed by atoms with Gasteiger partial charge in [0.15, 0.2) is 11.5 Å². The van der Waals surface area contributed by atoms with Crippen LogP contribution >= 0.6 is 0 Å². The van der Waals surface area contributed by atoms with E-state index in [9.17, 15) is 9.59 Å². The summed E-state index contributed by atoms with van der Waals surface area (Å²) in [6.07, 6.45) is 0. The largest absolute Gasteiger partial charge is 0.490 e. The summed E-state index contributed by atoms with van der Waals surface area (Å²) in [6.45, 7) is 12.8. The van der Waals surface area contributed by atoms with Gasteiger partial charge in [-0.25, -0.2) is 9.59 Å². The van der Waals surface area contributed by atoms with E-state index in [-0.39, 0.29) is 11.9 Å². The Morgan fingerprint density at radius 3 is 2.50 bits per heavy atom. The topological polar surface area (TPSA) is 85.9 Å². The molecular formula is C27H34N2O5. The van der Waals surface area contributed by atoms with Crippen molar-refractivity contribution < 1.29 is 23.8 Å². The molecule has 1 atom stereocenters. The second-order valence-electron chi connectivity index (χ2n) is 8.92. The van der Waals surface area contributed by atoms with Crippen molar-refractivity contribution in [2.24, 2.45) is 5.92 Å². The molecule has 0 spiro atoms. The van der Waals surface area contributed by atoms with Gasteiger partial charge >= 0.3 is 12.0 Å². The fourth-order valence-corrected chi connectivity index (χ4v) is 3.74. The average molecular weight is 467 g/mol. The zero-order chi connectivity index (χ0) is 24.8. The van der Waals surface area contributed by atoms with Gasteiger partial charge in [-0.2, -0.15) is 0 Å². The summed E-state index contributed by atoms with van der Waals surface area (Å²) < 4.78 is 17.4. The molecule has 2 N–H and O–H groups in total. The molecular weight excluding hydrogens is 432 g/mol. The van der Waals surface area contributed by atoms with Crippen LogP contribution in [0.1, 0.15) is 56.0 Å². The fourth-order valence-electron chi connectivity index (χ4n) is 3.74. The highest BCUT2D eigenvalue weighted by Gasteiger charge is 2.33. The number of aryl methyl sites for hydroxylation is 2. The third kappa shape index (κ3) is 6.10. The maximum atomic E-state index is 12.9. The van der Waals surface area contributed by atoms with Gasteiger partial charge in [0.1, 0.15) is 6.61 Å². The molecule has 0 fully saturated rings. The van der Waals surface area contributed by atoms with Crippen LogP contribution in [0.15, 0.2) is 47.7 Å². The van der Waals surface area contributed by atoms with E-state index in [1.165, 1.54) is 5.56 Å². The molecule has 182 valence electrons. The number of rotatable bonds is 9. The first-order valence-electron chi connectivity index (χ1n) is 11.6. The lowest BCUT2D eigenvalue weighted by Crippen LogP contribution is -2.45. The summed E-state index contributed by atoms with van der Waals surface area (Å²) in [7, 11) is 0. The van der Waals surface area contributed by atoms with E-state index in [1.807, 2.05) is 32.9 Å². The summed E-state index contributed by atoms with van der Waals surface area (Å²) in [5.41, 5.74) is 4.97. The van der Waals surface area contributed by atoms with Crippen LogP contribution in [0.25, 0.3) is 0 Å². The van der Waals surface area contributed by atoms with Crippen molar-refractivity contribution in [1.82, 2.24) is 10.6 Å². The van der Waals surface area contributed by atoms with Gasteiger partial charge in [0.2, 0.25) is 0 Å². The average Bonchev–Trinajstić information content (AvgIpc) is 2.78. The molecule has 0 saturated carbocycles. The van der Waals surface area contributed by atoms with Crippen molar-refractivity contribution in [3.05, 3.63) is 69.9 Å². The lowest BCUT2D eigenvalue weighted by Gasteiger charge is -2.28. The van der Waals surface area contributed by atoms with Crippen LogP contribution in [0.3, 0.4) is 0 Å². The number of carbonyl (C=O) groups excluding carboxylic acids is 2. The Morgan fingerprint density at radius 2 is 1.79 bits per heavy atom. The molecule has 34 heavy (non-hydrogen) atoms. The summed E-state index contributed by atoms with van der Waals surface area (Å²) in [5, 5.41) is 5.51. The predicted octanol–water partition coefficient (Wildman–Crippen LogP) is 5.11. The molecule has 0 aromatic heterocycles. The summed E-state index contributed by atoms with van der Waals surface area (Å²) in [4.78, 5) is 25.1. The summed E-state index contributed by atoms with van der Waals surface area (Å²) in [6, 6.07) is 10.7. The van der Waals surface area contributed by atoms with Crippen LogP contribution in [0.4, 0.5) is 4.79 Å². The number of hydrogen-bond acceptors (Lipinski definition) is 5. The Hall–Kier alpha value is -3.48. The van der Waals surface area contributed by atoms with Crippen LogP contribution in [0.2, 0.25) is 0 Å². The third-order valence-corrected chi connectivity index (χ3v) is 5.53. The highest BCUT2D eigenvalue weighted by Crippen LogP contribution is 2.35. The molecule has 2 aromatic carbocycles. The monoisotopic (exact) mass is 466 g/mol. The maximum absolute atomic E-state index is 12.9. The van der Waals surface area contributed by atoms with Gasteiger partial charge in [0, 0.05) is 5.70 Å². The predicted molar refractivity (Wildman–Crippen MR) is 131 cm³/mol. The van der Waals surface area contributed by atoms with Gasteiger partial charge in [-0.1, -0.05) is 43.7 Å². The van der Waals surface area contributed by atoms with E-state index in [1.54, 1.807) is 13.0 Å². The first-order chi connectivity index (χ1) is 16.2. The quantitative estimate of drug-likeness (QED) is 0.502. The number of hydrogen-bond donors (Lipinski definition) is 2. The molecule has 1 unspecified atom stereocenters. The standard InChI is InChI=1S/C27H34N2O5/c1-7-32-23-13-20(10-11-22(23)33-15-21-12-17(4)8-9-18(21)5)25-24(19(6)28-27(31)29-25)26(30)34-14-16(2)3/h8-13,16,25H,7,14-15H2,1-6H3,(H2,28,29,31). The smallest absolute Gasteiger partial charge is 0.338 e.